The number of carboxylic acid groups (broad SMARTS) is 1. The van der Waals surface area contributed by atoms with Crippen LogP contribution in [0.3, 0.4) is 0 Å². The van der Waals surface area contributed by atoms with Crippen LogP contribution in [0.2, 0.25) is 0 Å². The number of nitrogens with one attached hydrogen (secondary N) is 1. The zero-order valence-corrected chi connectivity index (χ0v) is 11.6. The number of carbonyl (C=O) groups is 3. The van der Waals surface area contributed by atoms with Gasteiger partial charge in [-0.15, -0.1) is 0 Å². The first-order chi connectivity index (χ1) is 9.82. The summed E-state index contributed by atoms with van der Waals surface area (Å²) in [5.41, 5.74) is 0.469. The van der Waals surface area contributed by atoms with Gasteiger partial charge in [-0.25, -0.2) is 13.1 Å². The van der Waals surface area contributed by atoms with Crippen molar-refractivity contribution >= 4 is 27.8 Å². The number of sulfonamides is 1. The van der Waals surface area contributed by atoms with E-state index in [-0.39, 0.29) is 17.7 Å². The summed E-state index contributed by atoms with van der Waals surface area (Å²) in [6.45, 7) is -1.08. The molecule has 1 aliphatic heterocycles. The van der Waals surface area contributed by atoms with Gasteiger partial charge < -0.3 is 5.11 Å². The number of hydrogen-bond acceptors (Lipinski definition) is 5. The van der Waals surface area contributed by atoms with E-state index >= 15 is 0 Å². The molecular weight excluding hydrogens is 300 g/mol. The Balaban J connectivity index is 2.04. The zero-order chi connectivity index (χ0) is 15.6. The first-order valence-electron chi connectivity index (χ1n) is 5.96. The highest BCUT2D eigenvalue weighted by molar-refractivity contribution is 7.89. The molecule has 0 radical (unpaired) electrons. The summed E-state index contributed by atoms with van der Waals surface area (Å²) in [5, 5.41) is 8.41. The Morgan fingerprint density at radius 3 is 2.14 bits per heavy atom. The van der Waals surface area contributed by atoms with Gasteiger partial charge >= 0.3 is 5.97 Å². The molecule has 2 N–H and O–H groups in total. The minimum absolute atomic E-state index is 0.235. The summed E-state index contributed by atoms with van der Waals surface area (Å²) in [6, 6.07) is 6.21. The van der Waals surface area contributed by atoms with Gasteiger partial charge in [0.05, 0.1) is 16.9 Å². The fourth-order valence-corrected chi connectivity index (χ4v) is 2.81. The molecule has 0 fully saturated rings. The zero-order valence-electron chi connectivity index (χ0n) is 10.8. The molecular formula is C12H12N2O6S. The Bertz CT molecular complexity index is 677. The molecule has 21 heavy (non-hydrogen) atoms. The summed E-state index contributed by atoms with van der Waals surface area (Å²) in [7, 11) is -3.88. The van der Waals surface area contributed by atoms with Crippen LogP contribution in [0.1, 0.15) is 20.7 Å². The maximum atomic E-state index is 12.0. The number of aliphatic carboxylic acids is 1. The van der Waals surface area contributed by atoms with Gasteiger partial charge in [0.25, 0.3) is 11.8 Å². The Morgan fingerprint density at radius 2 is 1.67 bits per heavy atom. The third-order valence-corrected chi connectivity index (χ3v) is 4.21. The molecule has 0 unspecified atom stereocenters. The van der Waals surface area contributed by atoms with Crippen LogP contribution in [0.5, 0.6) is 0 Å². The van der Waals surface area contributed by atoms with E-state index in [4.69, 9.17) is 5.11 Å². The van der Waals surface area contributed by atoms with Gasteiger partial charge in [-0.1, -0.05) is 12.1 Å². The number of rotatable bonds is 6. The molecule has 0 saturated carbocycles. The molecule has 0 aliphatic carbocycles. The predicted octanol–water partition coefficient (Wildman–Crippen LogP) is -0.713. The summed E-state index contributed by atoms with van der Waals surface area (Å²) in [4.78, 5) is 35.1. The second-order valence-electron chi connectivity index (χ2n) is 4.34. The standard InChI is InChI=1S/C12H12N2O6S/c15-10(16)7-13-21(19,20)6-5-14-11(17)8-3-1-2-4-9(8)12(14)18/h1-4,13H,5-7H2,(H,15,16). The molecule has 0 spiro atoms. The van der Waals surface area contributed by atoms with E-state index in [1.54, 1.807) is 12.1 Å². The smallest absolute Gasteiger partial charge is 0.318 e. The summed E-state index contributed by atoms with van der Waals surface area (Å²) < 4.78 is 25.0. The molecule has 1 aliphatic rings. The largest absolute Gasteiger partial charge is 0.480 e. The molecule has 0 atom stereocenters. The third kappa shape index (κ3) is 3.26. The lowest BCUT2D eigenvalue weighted by Gasteiger charge is -2.13. The number of nitrogens with zero attached hydrogens (tertiary/aromatic N) is 1. The van der Waals surface area contributed by atoms with Crippen LogP contribution < -0.4 is 4.72 Å². The van der Waals surface area contributed by atoms with Crippen molar-refractivity contribution in [3.63, 3.8) is 0 Å². The third-order valence-electron chi connectivity index (χ3n) is 2.91. The van der Waals surface area contributed by atoms with Crippen LogP contribution >= 0.6 is 0 Å². The van der Waals surface area contributed by atoms with Crippen LogP contribution in [0, 0.1) is 0 Å². The SMILES string of the molecule is O=C(O)CNS(=O)(=O)CCN1C(=O)c2ccccc2C1=O. The number of fused-ring (bicyclic) bond motifs is 1. The normalized spacial score (nSPS) is 14.4. The van der Waals surface area contributed by atoms with Crippen molar-refractivity contribution in [2.45, 2.75) is 0 Å². The number of hydrogen-bond donors (Lipinski definition) is 2. The fraction of sp³-hybridized carbons (Fsp3) is 0.250. The van der Waals surface area contributed by atoms with E-state index in [0.717, 1.165) is 4.90 Å². The van der Waals surface area contributed by atoms with E-state index in [1.165, 1.54) is 12.1 Å². The monoisotopic (exact) mass is 312 g/mol. The molecule has 2 rings (SSSR count). The number of carbonyl (C=O) groups excluding carboxylic acids is 2. The van der Waals surface area contributed by atoms with E-state index in [0.29, 0.717) is 0 Å². The van der Waals surface area contributed by atoms with Crippen molar-refractivity contribution in [2.24, 2.45) is 0 Å². The molecule has 2 amide bonds. The highest BCUT2D eigenvalue weighted by atomic mass is 32.2. The Morgan fingerprint density at radius 1 is 1.14 bits per heavy atom. The number of amides is 2. The van der Waals surface area contributed by atoms with Crippen molar-refractivity contribution in [2.75, 3.05) is 18.8 Å². The Kier molecular flexibility index (Phi) is 4.05. The van der Waals surface area contributed by atoms with Gasteiger partial charge in [-0.3, -0.25) is 19.3 Å². The highest BCUT2D eigenvalue weighted by Gasteiger charge is 2.35. The quantitative estimate of drug-likeness (QED) is 0.669. The maximum absolute atomic E-state index is 12.0. The van der Waals surface area contributed by atoms with Crippen LogP contribution in [0.4, 0.5) is 0 Å². The van der Waals surface area contributed by atoms with Gasteiger partial charge in [-0.05, 0) is 12.1 Å². The number of carboxylic acids is 1. The molecule has 0 bridgehead atoms. The molecule has 0 saturated heterocycles. The summed E-state index contributed by atoms with van der Waals surface area (Å²) in [6.07, 6.45) is 0. The second kappa shape index (κ2) is 5.62. The molecule has 8 nitrogen and oxygen atoms in total. The van der Waals surface area contributed by atoms with Crippen LogP contribution in [0.25, 0.3) is 0 Å². The molecule has 1 aromatic rings. The van der Waals surface area contributed by atoms with E-state index < -0.39 is 40.1 Å². The van der Waals surface area contributed by atoms with Gasteiger partial charge in [0, 0.05) is 6.54 Å². The Hall–Kier alpha value is -2.26. The minimum atomic E-state index is -3.88. The highest BCUT2D eigenvalue weighted by Crippen LogP contribution is 2.21. The molecule has 1 heterocycles. The van der Waals surface area contributed by atoms with Crippen LogP contribution in [-0.2, 0) is 14.8 Å². The average Bonchev–Trinajstić information content (AvgIpc) is 2.68. The summed E-state index contributed by atoms with van der Waals surface area (Å²) in [5.74, 6) is -2.97. The van der Waals surface area contributed by atoms with E-state index in [1.807, 2.05) is 4.72 Å². The van der Waals surface area contributed by atoms with Crippen molar-refractivity contribution in [3.8, 4) is 0 Å². The lowest BCUT2D eigenvalue weighted by Crippen LogP contribution is -2.39. The van der Waals surface area contributed by atoms with Gasteiger partial charge in [0.15, 0.2) is 0 Å². The molecule has 112 valence electrons. The minimum Gasteiger partial charge on any atom is -0.480 e. The van der Waals surface area contributed by atoms with E-state index in [9.17, 15) is 22.8 Å². The first-order valence-corrected chi connectivity index (χ1v) is 7.61. The fourth-order valence-electron chi connectivity index (χ4n) is 1.90. The molecule has 1 aromatic carbocycles. The van der Waals surface area contributed by atoms with Crippen LogP contribution in [0.15, 0.2) is 24.3 Å². The van der Waals surface area contributed by atoms with Gasteiger partial charge in [0.1, 0.15) is 6.54 Å². The van der Waals surface area contributed by atoms with Crippen molar-refractivity contribution in [1.29, 1.82) is 0 Å². The number of benzene rings is 1. The van der Waals surface area contributed by atoms with Gasteiger partial charge in [0.2, 0.25) is 10.0 Å². The van der Waals surface area contributed by atoms with E-state index in [2.05, 4.69) is 0 Å². The lowest BCUT2D eigenvalue weighted by molar-refractivity contribution is -0.135. The van der Waals surface area contributed by atoms with Gasteiger partial charge in [-0.2, -0.15) is 0 Å². The second-order valence-corrected chi connectivity index (χ2v) is 6.27. The number of imide groups is 1. The van der Waals surface area contributed by atoms with Crippen molar-refractivity contribution in [3.05, 3.63) is 35.4 Å². The summed E-state index contributed by atoms with van der Waals surface area (Å²) >= 11 is 0. The topological polar surface area (TPSA) is 121 Å². The maximum Gasteiger partial charge on any atom is 0.318 e. The van der Waals surface area contributed by atoms with Crippen LogP contribution in [-0.4, -0.2) is 55.1 Å². The van der Waals surface area contributed by atoms with Crippen molar-refractivity contribution < 1.29 is 27.9 Å². The molecule has 0 aromatic heterocycles. The predicted molar refractivity (Wildman–Crippen MR) is 71.2 cm³/mol. The average molecular weight is 312 g/mol. The van der Waals surface area contributed by atoms with Crippen molar-refractivity contribution in [1.82, 2.24) is 9.62 Å². The first kappa shape index (κ1) is 15.1. The molecule has 9 heteroatoms. The lowest BCUT2D eigenvalue weighted by atomic mass is 10.1. The Labute approximate surface area is 120 Å².